The van der Waals surface area contributed by atoms with E-state index in [9.17, 15) is 23.3 Å². The minimum absolute atomic E-state index is 0.0323. The van der Waals surface area contributed by atoms with Gasteiger partial charge in [0, 0.05) is 12.4 Å². The number of anilines is 1. The third-order valence-corrected chi connectivity index (χ3v) is 8.76. The predicted octanol–water partition coefficient (Wildman–Crippen LogP) is 5.71. The lowest BCUT2D eigenvalue weighted by molar-refractivity contribution is -0.763. The van der Waals surface area contributed by atoms with E-state index >= 15 is 0 Å². The number of para-hydroxylation sites is 2. The molecule has 0 aliphatic carbocycles. The molecule has 0 saturated carbocycles. The van der Waals surface area contributed by atoms with Crippen LogP contribution in [0.3, 0.4) is 0 Å². The normalized spacial score (nSPS) is 11.3. The van der Waals surface area contributed by atoms with E-state index in [0.717, 1.165) is 5.56 Å². The summed E-state index contributed by atoms with van der Waals surface area (Å²) in [5.41, 5.74) is 1.80. The summed E-state index contributed by atoms with van der Waals surface area (Å²) in [5.74, 6) is -0.838. The van der Waals surface area contributed by atoms with Crippen LogP contribution in [0.2, 0.25) is 0 Å². The third kappa shape index (κ3) is 10.4. The number of carbonyl (C=O) groups excluding carboxylic acids is 1. The second-order valence-electron chi connectivity index (χ2n) is 12.3. The smallest absolute Gasteiger partial charge is 0.310 e. The first-order valence-electron chi connectivity index (χ1n) is 16.1. The molecule has 0 atom stereocenters. The Morgan fingerprint density at radius 1 is 0.868 bits per heavy atom. The molecule has 0 aliphatic heterocycles. The van der Waals surface area contributed by atoms with Gasteiger partial charge >= 0.3 is 5.97 Å². The van der Waals surface area contributed by atoms with Crippen molar-refractivity contribution < 1.29 is 42.1 Å². The monoisotopic (exact) mass is 744 g/mol. The SMILES string of the molecule is COc1ccccc1Oc1c(NS(=O)(=O)c2ccc(C(C)(C)C)cc2)nc(-c2ncccn2)nc1OCCOC(=O)Cc1cccc(CO[N+](=O)[O-])c1. The third-order valence-electron chi connectivity index (χ3n) is 7.40. The molecule has 2 heterocycles. The van der Waals surface area contributed by atoms with Gasteiger partial charge in [0.15, 0.2) is 23.1 Å². The molecular weight excluding hydrogens is 708 g/mol. The van der Waals surface area contributed by atoms with E-state index in [2.05, 4.69) is 29.5 Å². The van der Waals surface area contributed by atoms with E-state index in [0.29, 0.717) is 16.9 Å². The lowest BCUT2D eigenvalue weighted by Gasteiger charge is -2.20. The minimum Gasteiger partial charge on any atom is -0.493 e. The largest absolute Gasteiger partial charge is 0.493 e. The maximum absolute atomic E-state index is 13.8. The van der Waals surface area contributed by atoms with Gasteiger partial charge in [-0.05, 0) is 52.4 Å². The minimum atomic E-state index is -4.26. The first-order valence-corrected chi connectivity index (χ1v) is 17.6. The molecule has 16 nitrogen and oxygen atoms in total. The van der Waals surface area contributed by atoms with Gasteiger partial charge in [0.1, 0.15) is 19.8 Å². The number of ether oxygens (including phenoxy) is 4. The van der Waals surface area contributed by atoms with Crippen LogP contribution in [0.1, 0.15) is 37.5 Å². The number of rotatable bonds is 16. The Balaban J connectivity index is 1.44. The molecule has 0 bridgehead atoms. The quantitative estimate of drug-likeness (QED) is 0.0557. The number of esters is 1. The van der Waals surface area contributed by atoms with Crippen molar-refractivity contribution in [2.75, 3.05) is 25.0 Å². The Hall–Kier alpha value is -6.36. The average molecular weight is 745 g/mol. The Morgan fingerprint density at radius 3 is 2.25 bits per heavy atom. The predicted molar refractivity (Wildman–Crippen MR) is 190 cm³/mol. The summed E-state index contributed by atoms with van der Waals surface area (Å²) in [7, 11) is -2.81. The van der Waals surface area contributed by atoms with E-state index in [1.807, 2.05) is 20.8 Å². The van der Waals surface area contributed by atoms with Crippen molar-refractivity contribution >= 4 is 21.8 Å². The van der Waals surface area contributed by atoms with Gasteiger partial charge in [-0.3, -0.25) is 9.52 Å². The molecule has 276 valence electrons. The molecule has 0 fully saturated rings. The van der Waals surface area contributed by atoms with Crippen molar-refractivity contribution in [1.82, 2.24) is 19.9 Å². The Labute approximate surface area is 305 Å². The van der Waals surface area contributed by atoms with Crippen LogP contribution >= 0.6 is 0 Å². The standard InChI is InChI=1S/C36H36N6O10S/c1-36(2,3)26-13-15-27(16-14-26)53(46,47)41-32-31(52-29-12-6-5-11-28(29)48-4)35(40-34(39-32)33-37-17-8-18-38-33)50-20-19-49-30(43)22-24-9-7-10-25(21-24)23-51-42(44)45/h5-18,21H,19-20,22-23H2,1-4H3,(H,39,40,41). The molecule has 0 aliphatic rings. The van der Waals surface area contributed by atoms with Crippen molar-refractivity contribution in [3.63, 3.8) is 0 Å². The molecule has 5 aromatic rings. The van der Waals surface area contributed by atoms with Crippen molar-refractivity contribution in [2.45, 2.75) is 44.1 Å². The molecule has 0 saturated heterocycles. The number of nitrogens with zero attached hydrogens (tertiary/aromatic N) is 5. The number of benzene rings is 3. The highest BCUT2D eigenvalue weighted by atomic mass is 32.2. The van der Waals surface area contributed by atoms with E-state index in [-0.39, 0.29) is 71.4 Å². The van der Waals surface area contributed by atoms with E-state index in [4.69, 9.17) is 18.9 Å². The molecule has 3 aromatic carbocycles. The molecule has 0 spiro atoms. The zero-order chi connectivity index (χ0) is 38.0. The summed E-state index contributed by atoms with van der Waals surface area (Å²) in [6.07, 6.45) is 2.81. The molecule has 1 N–H and O–H groups in total. The molecule has 5 rings (SSSR count). The highest BCUT2D eigenvalue weighted by Crippen LogP contribution is 2.41. The highest BCUT2D eigenvalue weighted by Gasteiger charge is 2.26. The molecule has 53 heavy (non-hydrogen) atoms. The Kier molecular flexibility index (Phi) is 12.0. The number of nitrogens with one attached hydrogen (secondary N) is 1. The van der Waals surface area contributed by atoms with Crippen LogP contribution in [0, 0.1) is 10.1 Å². The van der Waals surface area contributed by atoms with Crippen LogP contribution in [0.4, 0.5) is 5.82 Å². The molecule has 17 heteroatoms. The molecule has 0 amide bonds. The van der Waals surface area contributed by atoms with E-state index < -0.39 is 21.1 Å². The molecule has 0 unspecified atom stereocenters. The van der Waals surface area contributed by atoms with Crippen LogP contribution in [0.25, 0.3) is 11.6 Å². The summed E-state index contributed by atoms with van der Waals surface area (Å²) in [4.78, 5) is 44.9. The maximum Gasteiger partial charge on any atom is 0.310 e. The lowest BCUT2D eigenvalue weighted by Crippen LogP contribution is -2.18. The van der Waals surface area contributed by atoms with Crippen LogP contribution in [0.15, 0.2) is 96.2 Å². The second kappa shape index (κ2) is 16.8. The Bertz CT molecular complexity index is 2160. The molecular formula is C36H36N6O10S. The number of methoxy groups -OCH3 is 1. The van der Waals surface area contributed by atoms with Gasteiger partial charge < -0.3 is 23.8 Å². The van der Waals surface area contributed by atoms with Gasteiger partial charge in [-0.1, -0.05) is 69.3 Å². The number of hydrogen-bond acceptors (Lipinski definition) is 14. The summed E-state index contributed by atoms with van der Waals surface area (Å²) in [5, 5.41) is 9.63. The van der Waals surface area contributed by atoms with Gasteiger partial charge in [0.05, 0.1) is 18.4 Å². The highest BCUT2D eigenvalue weighted by molar-refractivity contribution is 7.92. The van der Waals surface area contributed by atoms with Gasteiger partial charge in [0.25, 0.3) is 21.0 Å². The van der Waals surface area contributed by atoms with Crippen LogP contribution in [0.5, 0.6) is 23.1 Å². The van der Waals surface area contributed by atoms with Crippen LogP contribution in [-0.4, -0.2) is 59.7 Å². The van der Waals surface area contributed by atoms with E-state index in [1.165, 1.54) is 31.6 Å². The second-order valence-corrected chi connectivity index (χ2v) is 14.0. The summed E-state index contributed by atoms with van der Waals surface area (Å²) < 4.78 is 53.1. The fourth-order valence-corrected chi connectivity index (χ4v) is 5.81. The maximum atomic E-state index is 13.8. The topological polar surface area (TPSA) is 204 Å². The fourth-order valence-electron chi connectivity index (χ4n) is 4.81. The average Bonchev–Trinajstić information content (AvgIpc) is 3.13. The van der Waals surface area contributed by atoms with Gasteiger partial charge in [0.2, 0.25) is 11.6 Å². The van der Waals surface area contributed by atoms with Crippen molar-refractivity contribution in [1.29, 1.82) is 0 Å². The summed E-state index contributed by atoms with van der Waals surface area (Å²) in [6.45, 7) is 5.32. The molecule has 2 aromatic heterocycles. The zero-order valence-corrected chi connectivity index (χ0v) is 30.0. The van der Waals surface area contributed by atoms with Crippen LogP contribution in [-0.2, 0) is 42.8 Å². The van der Waals surface area contributed by atoms with E-state index in [1.54, 1.807) is 66.7 Å². The van der Waals surface area contributed by atoms with Gasteiger partial charge in [-0.15, -0.1) is 10.1 Å². The van der Waals surface area contributed by atoms with Crippen LogP contribution < -0.4 is 18.9 Å². The first-order chi connectivity index (χ1) is 25.3. The van der Waals surface area contributed by atoms with Gasteiger partial charge in [-0.25, -0.2) is 23.4 Å². The number of hydrogen-bond donors (Lipinski definition) is 1. The number of carbonyl (C=O) groups is 1. The van der Waals surface area contributed by atoms with Crippen molar-refractivity contribution in [3.05, 3.63) is 118 Å². The fraction of sp³-hybridized carbons (Fsp3) is 0.250. The van der Waals surface area contributed by atoms with Crippen molar-refractivity contribution in [2.24, 2.45) is 0 Å². The van der Waals surface area contributed by atoms with Crippen molar-refractivity contribution in [3.8, 4) is 34.8 Å². The lowest BCUT2D eigenvalue weighted by atomic mass is 9.87. The summed E-state index contributed by atoms with van der Waals surface area (Å²) in [6, 6.07) is 21.3. The zero-order valence-electron chi connectivity index (χ0n) is 29.2. The first kappa shape index (κ1) is 37.9. The molecule has 0 radical (unpaired) electrons. The number of sulfonamides is 1. The Morgan fingerprint density at radius 2 is 1.57 bits per heavy atom. The number of aromatic nitrogens is 4. The summed E-state index contributed by atoms with van der Waals surface area (Å²) >= 11 is 0. The van der Waals surface area contributed by atoms with Gasteiger partial charge in [-0.2, -0.15) is 4.98 Å².